The molecule has 0 spiro atoms. The lowest BCUT2D eigenvalue weighted by Gasteiger charge is -2.15. The van der Waals surface area contributed by atoms with Crippen molar-refractivity contribution in [3.63, 3.8) is 0 Å². The number of ether oxygens (including phenoxy) is 3. The normalized spacial score (nSPS) is 15.8. The van der Waals surface area contributed by atoms with Crippen molar-refractivity contribution < 1.29 is 19.0 Å². The predicted molar refractivity (Wildman–Crippen MR) is 147 cm³/mol. The van der Waals surface area contributed by atoms with Gasteiger partial charge in [-0.3, -0.25) is 18.9 Å². The first-order valence-corrected chi connectivity index (χ1v) is 13.2. The van der Waals surface area contributed by atoms with Crippen LogP contribution < -0.4 is 20.3 Å². The topological polar surface area (TPSA) is 94.4 Å². The third-order valence-electron chi connectivity index (χ3n) is 5.89. The fourth-order valence-electron chi connectivity index (χ4n) is 4.04. The average molecular weight is 539 g/mol. The lowest BCUT2D eigenvalue weighted by Crippen LogP contribution is -2.27. The number of benzene rings is 1. The molecule has 4 heterocycles. The Morgan fingerprint density at radius 2 is 2.05 bits per heavy atom. The molecule has 1 aromatic carbocycles. The Kier molecular flexibility index (Phi) is 7.45. The van der Waals surface area contributed by atoms with Crippen LogP contribution >= 0.6 is 24.0 Å². The van der Waals surface area contributed by atoms with E-state index in [9.17, 15) is 9.59 Å². The number of hydrogen-bond donors (Lipinski definition) is 1. The Bertz CT molecular complexity index is 1470. The van der Waals surface area contributed by atoms with Crippen LogP contribution in [0.15, 0.2) is 46.2 Å². The van der Waals surface area contributed by atoms with Crippen LogP contribution in [0.3, 0.4) is 0 Å². The standard InChI is InChI=1S/C26H26N4O5S2/c1-3-33-10-4-9-27-23-18(24(31)29-13-16(2)5-8-22(29)28-23)12-21-25(32)30(26(36)37-21)14-17-6-7-19-20(11-17)35-15-34-19/h5-8,11-13,27H,3-4,9-10,14-15H2,1-2H3/b21-12+. The van der Waals surface area contributed by atoms with Crippen molar-refractivity contribution in [2.24, 2.45) is 0 Å². The number of rotatable bonds is 9. The van der Waals surface area contributed by atoms with Crippen LogP contribution in [0.5, 0.6) is 11.5 Å². The van der Waals surface area contributed by atoms with Crippen molar-refractivity contribution in [2.75, 3.05) is 31.9 Å². The van der Waals surface area contributed by atoms with E-state index >= 15 is 0 Å². The van der Waals surface area contributed by atoms with Crippen LogP contribution in [0.2, 0.25) is 0 Å². The highest BCUT2D eigenvalue weighted by Crippen LogP contribution is 2.36. The zero-order valence-electron chi connectivity index (χ0n) is 20.5. The second-order valence-electron chi connectivity index (χ2n) is 8.55. The van der Waals surface area contributed by atoms with Gasteiger partial charge in [-0.25, -0.2) is 4.98 Å². The molecule has 0 unspecified atom stereocenters. The molecule has 5 rings (SSSR count). The Morgan fingerprint density at radius 1 is 1.22 bits per heavy atom. The minimum absolute atomic E-state index is 0.180. The summed E-state index contributed by atoms with van der Waals surface area (Å²) >= 11 is 6.69. The lowest BCUT2D eigenvalue weighted by atomic mass is 10.2. The highest BCUT2D eigenvalue weighted by atomic mass is 32.2. The molecule has 2 aliphatic heterocycles. The number of aryl methyl sites for hydroxylation is 1. The summed E-state index contributed by atoms with van der Waals surface area (Å²) < 4.78 is 18.1. The fraction of sp³-hybridized carbons (Fsp3) is 0.308. The van der Waals surface area contributed by atoms with Crippen molar-refractivity contribution in [1.82, 2.24) is 14.3 Å². The maximum absolute atomic E-state index is 13.5. The van der Waals surface area contributed by atoms with Crippen LogP contribution in [0.25, 0.3) is 11.7 Å². The highest BCUT2D eigenvalue weighted by Gasteiger charge is 2.33. The summed E-state index contributed by atoms with van der Waals surface area (Å²) in [4.78, 5) is 33.4. The highest BCUT2D eigenvalue weighted by molar-refractivity contribution is 8.26. The number of hydrogen-bond acceptors (Lipinski definition) is 9. The van der Waals surface area contributed by atoms with Crippen LogP contribution in [0.4, 0.5) is 5.82 Å². The van der Waals surface area contributed by atoms with Gasteiger partial charge in [0.05, 0.1) is 17.0 Å². The van der Waals surface area contributed by atoms with Crippen LogP contribution in [0.1, 0.15) is 30.0 Å². The van der Waals surface area contributed by atoms with Gasteiger partial charge in [0.25, 0.3) is 11.5 Å². The smallest absolute Gasteiger partial charge is 0.267 e. The van der Waals surface area contributed by atoms with E-state index in [1.54, 1.807) is 18.3 Å². The van der Waals surface area contributed by atoms with Gasteiger partial charge in [0.2, 0.25) is 6.79 Å². The van der Waals surface area contributed by atoms with Crippen molar-refractivity contribution in [1.29, 1.82) is 0 Å². The van der Waals surface area contributed by atoms with Gasteiger partial charge < -0.3 is 19.5 Å². The van der Waals surface area contributed by atoms with Crippen molar-refractivity contribution >= 4 is 51.7 Å². The van der Waals surface area contributed by atoms with Gasteiger partial charge in [-0.15, -0.1) is 0 Å². The van der Waals surface area contributed by atoms with Crippen LogP contribution in [0, 0.1) is 6.92 Å². The molecule has 0 bridgehead atoms. The van der Waals surface area contributed by atoms with E-state index in [4.69, 9.17) is 26.4 Å². The maximum Gasteiger partial charge on any atom is 0.267 e. The molecule has 2 aromatic heterocycles. The van der Waals surface area contributed by atoms with Crippen molar-refractivity contribution in [2.45, 2.75) is 26.8 Å². The predicted octanol–water partition coefficient (Wildman–Crippen LogP) is 3.97. The lowest BCUT2D eigenvalue weighted by molar-refractivity contribution is -0.122. The average Bonchev–Trinajstić information content (AvgIpc) is 3.46. The summed E-state index contributed by atoms with van der Waals surface area (Å²) in [5, 5.41) is 3.25. The van der Waals surface area contributed by atoms with E-state index in [1.807, 2.05) is 38.1 Å². The van der Waals surface area contributed by atoms with Gasteiger partial charge in [-0.05, 0) is 55.7 Å². The number of carbonyl (C=O) groups excluding carboxylic acids is 1. The number of nitrogens with one attached hydrogen (secondary N) is 1. The first-order chi connectivity index (χ1) is 17.9. The molecule has 1 fully saturated rings. The van der Waals surface area contributed by atoms with E-state index in [0.29, 0.717) is 57.5 Å². The minimum atomic E-state index is -0.262. The molecule has 192 valence electrons. The third kappa shape index (κ3) is 5.34. The number of thioether (sulfide) groups is 1. The zero-order chi connectivity index (χ0) is 25.9. The Morgan fingerprint density at radius 3 is 2.89 bits per heavy atom. The summed E-state index contributed by atoms with van der Waals surface area (Å²) in [5.41, 5.74) is 2.36. The van der Waals surface area contributed by atoms with Gasteiger partial charge in [-0.2, -0.15) is 0 Å². The Balaban J connectivity index is 1.44. The fourth-order valence-corrected chi connectivity index (χ4v) is 5.28. The number of fused-ring (bicyclic) bond motifs is 2. The maximum atomic E-state index is 13.5. The molecule has 0 aliphatic carbocycles. The number of aromatic nitrogens is 2. The second kappa shape index (κ2) is 10.9. The van der Waals surface area contributed by atoms with E-state index in [2.05, 4.69) is 10.3 Å². The van der Waals surface area contributed by atoms with Gasteiger partial charge >= 0.3 is 0 Å². The number of pyridine rings is 1. The van der Waals surface area contributed by atoms with Gasteiger partial charge in [0, 0.05) is 26.0 Å². The molecular weight excluding hydrogens is 512 g/mol. The summed E-state index contributed by atoms with van der Waals surface area (Å²) in [5.74, 6) is 1.48. The molecule has 0 atom stereocenters. The minimum Gasteiger partial charge on any atom is -0.454 e. The molecule has 1 N–H and O–H groups in total. The first-order valence-electron chi connectivity index (χ1n) is 11.9. The molecule has 37 heavy (non-hydrogen) atoms. The molecule has 2 aliphatic rings. The Labute approximate surface area is 223 Å². The molecule has 0 saturated carbocycles. The number of thiocarbonyl (C=S) groups is 1. The molecule has 1 amide bonds. The van der Waals surface area contributed by atoms with Crippen molar-refractivity contribution in [3.05, 3.63) is 68.5 Å². The quantitative estimate of drug-likeness (QED) is 0.247. The summed E-state index contributed by atoms with van der Waals surface area (Å²) in [6, 6.07) is 9.25. The second-order valence-corrected chi connectivity index (χ2v) is 10.2. The molecule has 1 saturated heterocycles. The molecule has 0 radical (unpaired) electrons. The molecule has 3 aromatic rings. The summed E-state index contributed by atoms with van der Waals surface area (Å²) in [6.07, 6.45) is 4.08. The zero-order valence-corrected chi connectivity index (χ0v) is 22.1. The monoisotopic (exact) mass is 538 g/mol. The van der Waals surface area contributed by atoms with E-state index < -0.39 is 0 Å². The van der Waals surface area contributed by atoms with E-state index in [-0.39, 0.29) is 24.8 Å². The van der Waals surface area contributed by atoms with E-state index in [0.717, 1.165) is 17.5 Å². The summed E-state index contributed by atoms with van der Waals surface area (Å²) in [7, 11) is 0. The number of amides is 1. The molecule has 11 heteroatoms. The first kappa shape index (κ1) is 25.2. The van der Waals surface area contributed by atoms with E-state index in [1.165, 1.54) is 21.1 Å². The molecular formula is C26H26N4O5S2. The largest absolute Gasteiger partial charge is 0.454 e. The Hall–Kier alpha value is -3.41. The number of nitrogens with zero attached hydrogens (tertiary/aromatic N) is 3. The van der Waals surface area contributed by atoms with Gasteiger partial charge in [-0.1, -0.05) is 36.1 Å². The third-order valence-corrected chi connectivity index (χ3v) is 7.27. The number of anilines is 1. The van der Waals surface area contributed by atoms with Gasteiger partial charge in [0.1, 0.15) is 15.8 Å². The van der Waals surface area contributed by atoms with Gasteiger partial charge in [0.15, 0.2) is 11.5 Å². The number of carbonyl (C=O) groups is 1. The molecule has 9 nitrogen and oxygen atoms in total. The summed E-state index contributed by atoms with van der Waals surface area (Å²) in [6.45, 7) is 6.14. The van der Waals surface area contributed by atoms with Crippen LogP contribution in [-0.2, 0) is 16.1 Å². The van der Waals surface area contributed by atoms with Crippen LogP contribution in [-0.4, -0.2) is 51.1 Å². The SMILES string of the molecule is CCOCCCNc1nc2ccc(C)cn2c(=O)c1/C=C1/SC(=S)N(Cc2ccc3c(c2)OCO3)C1=O. The van der Waals surface area contributed by atoms with Crippen molar-refractivity contribution in [3.8, 4) is 11.5 Å².